The number of allylic oxidation sites excluding steroid dienone is 1. The first-order valence-corrected chi connectivity index (χ1v) is 14.0. The van der Waals surface area contributed by atoms with Crippen LogP contribution in [0.2, 0.25) is 0 Å². The Morgan fingerprint density at radius 3 is 2.03 bits per heavy atom. The second kappa shape index (κ2) is 6.67. The minimum atomic E-state index is -0.125. The Balaban J connectivity index is 1.58. The van der Waals surface area contributed by atoms with Crippen LogP contribution in [0.3, 0.4) is 0 Å². The van der Waals surface area contributed by atoms with Crippen molar-refractivity contribution in [3.8, 4) is 0 Å². The number of aliphatic hydroxyl groups excluding tert-OH is 1. The van der Waals surface area contributed by atoms with Gasteiger partial charge in [-0.25, -0.2) is 0 Å². The molecule has 0 aromatic heterocycles. The Morgan fingerprint density at radius 1 is 0.719 bits per heavy atom. The summed E-state index contributed by atoms with van der Waals surface area (Å²) in [5.74, 6) is 2.91. The predicted octanol–water partition coefficient (Wildman–Crippen LogP) is 8.41. The smallest absolute Gasteiger partial charge is 0.0594 e. The van der Waals surface area contributed by atoms with Gasteiger partial charge < -0.3 is 5.11 Å². The molecule has 5 rings (SSSR count). The largest absolute Gasteiger partial charge is 0.393 e. The van der Waals surface area contributed by atoms with E-state index in [2.05, 4.69) is 62.0 Å². The molecule has 1 nitrogen and oxygen atoms in total. The molecule has 0 radical (unpaired) electrons. The molecular weight excluding hydrogens is 388 g/mol. The van der Waals surface area contributed by atoms with Crippen molar-refractivity contribution in [2.24, 2.45) is 56.2 Å². The Kier molecular flexibility index (Phi) is 4.89. The summed E-state index contributed by atoms with van der Waals surface area (Å²) in [7, 11) is 0. The van der Waals surface area contributed by atoms with Crippen LogP contribution in [0, 0.1) is 56.2 Å². The molecule has 0 aromatic carbocycles. The Bertz CT molecular complexity index is 811. The van der Waals surface area contributed by atoms with Crippen LogP contribution in [0.4, 0.5) is 0 Å². The summed E-state index contributed by atoms with van der Waals surface area (Å²) in [5.41, 5.74) is 3.65. The van der Waals surface area contributed by atoms with E-state index in [4.69, 9.17) is 0 Å². The van der Waals surface area contributed by atoms with Gasteiger partial charge in [0.1, 0.15) is 0 Å². The molecule has 0 aromatic rings. The zero-order valence-electron chi connectivity index (χ0n) is 22.6. The van der Waals surface area contributed by atoms with Crippen LogP contribution >= 0.6 is 0 Å². The fraction of sp³-hybridized carbons (Fsp3) is 0.935. The number of aliphatic hydroxyl groups is 1. The van der Waals surface area contributed by atoms with Crippen LogP contribution < -0.4 is 0 Å². The predicted molar refractivity (Wildman–Crippen MR) is 135 cm³/mol. The highest BCUT2D eigenvalue weighted by Gasteiger charge is 2.72. The molecule has 0 aliphatic heterocycles. The van der Waals surface area contributed by atoms with Gasteiger partial charge in [0.2, 0.25) is 0 Å². The van der Waals surface area contributed by atoms with Gasteiger partial charge in [0.05, 0.1) is 6.10 Å². The van der Waals surface area contributed by atoms with Gasteiger partial charge in [-0.3, -0.25) is 0 Å². The molecule has 0 amide bonds. The van der Waals surface area contributed by atoms with E-state index in [9.17, 15) is 5.11 Å². The second-order valence-electron chi connectivity index (χ2n) is 15.2. The van der Waals surface area contributed by atoms with E-state index < -0.39 is 0 Å². The van der Waals surface area contributed by atoms with E-state index in [1.54, 1.807) is 0 Å². The third-order valence-electron chi connectivity index (χ3n) is 14.6. The standard InChI is InChI=1S/C31H52O/c1-20-12-15-27(5)18-19-30(8)24(31(27,9)21(20)2)11-10-23-28(6)16-14-25(32)26(3,4)22(28)13-17-29(23,30)7/h21-25,32H,1,10-19H2,2-9H3. The maximum Gasteiger partial charge on any atom is 0.0594 e. The van der Waals surface area contributed by atoms with Crippen LogP contribution in [0.1, 0.15) is 120 Å². The molecule has 182 valence electrons. The molecule has 5 aliphatic carbocycles. The first-order chi connectivity index (χ1) is 14.7. The zero-order chi connectivity index (χ0) is 23.5. The quantitative estimate of drug-likeness (QED) is 0.375. The van der Waals surface area contributed by atoms with Gasteiger partial charge in [0.15, 0.2) is 0 Å². The van der Waals surface area contributed by atoms with Crippen LogP contribution in [0.25, 0.3) is 0 Å². The van der Waals surface area contributed by atoms with Crippen molar-refractivity contribution >= 4 is 0 Å². The first kappa shape index (κ1) is 23.4. The molecule has 0 bridgehead atoms. The lowest BCUT2D eigenvalue weighted by Gasteiger charge is -2.76. The van der Waals surface area contributed by atoms with Gasteiger partial charge in [0.25, 0.3) is 0 Å². The fourth-order valence-corrected chi connectivity index (χ4v) is 11.9. The van der Waals surface area contributed by atoms with E-state index in [1.165, 1.54) is 63.4 Å². The monoisotopic (exact) mass is 440 g/mol. The van der Waals surface area contributed by atoms with Gasteiger partial charge >= 0.3 is 0 Å². The molecule has 0 heterocycles. The van der Waals surface area contributed by atoms with Crippen LogP contribution in [-0.4, -0.2) is 11.2 Å². The van der Waals surface area contributed by atoms with Crippen LogP contribution in [0.15, 0.2) is 12.2 Å². The van der Waals surface area contributed by atoms with Gasteiger partial charge in [-0.1, -0.05) is 67.5 Å². The molecule has 32 heavy (non-hydrogen) atoms. The minimum absolute atomic E-state index is 0.0544. The minimum Gasteiger partial charge on any atom is -0.393 e. The summed E-state index contributed by atoms with van der Waals surface area (Å²) in [6, 6.07) is 0. The molecule has 5 saturated carbocycles. The molecule has 10 unspecified atom stereocenters. The molecular formula is C31H52O. The van der Waals surface area contributed by atoms with E-state index in [0.29, 0.717) is 38.9 Å². The molecule has 0 saturated heterocycles. The van der Waals surface area contributed by atoms with Gasteiger partial charge in [0, 0.05) is 0 Å². The molecule has 5 fully saturated rings. The Hall–Kier alpha value is -0.300. The average molecular weight is 441 g/mol. The van der Waals surface area contributed by atoms with E-state index in [-0.39, 0.29) is 11.5 Å². The van der Waals surface area contributed by atoms with Crippen molar-refractivity contribution in [3.05, 3.63) is 12.2 Å². The number of rotatable bonds is 0. The molecule has 5 aliphatic rings. The van der Waals surface area contributed by atoms with Crippen molar-refractivity contribution in [1.82, 2.24) is 0 Å². The third kappa shape index (κ3) is 2.46. The van der Waals surface area contributed by atoms with Crippen molar-refractivity contribution in [2.75, 3.05) is 0 Å². The first-order valence-electron chi connectivity index (χ1n) is 14.0. The number of hydrogen-bond acceptors (Lipinski definition) is 1. The average Bonchev–Trinajstić information content (AvgIpc) is 2.72. The summed E-state index contributed by atoms with van der Waals surface area (Å²) in [6.07, 6.45) is 13.0. The van der Waals surface area contributed by atoms with E-state index >= 15 is 0 Å². The van der Waals surface area contributed by atoms with Crippen molar-refractivity contribution in [3.63, 3.8) is 0 Å². The Morgan fingerprint density at radius 2 is 1.34 bits per heavy atom. The molecule has 0 spiro atoms. The van der Waals surface area contributed by atoms with Crippen molar-refractivity contribution in [2.45, 2.75) is 126 Å². The van der Waals surface area contributed by atoms with Gasteiger partial charge in [-0.2, -0.15) is 0 Å². The normalized spacial score (nSPS) is 59.4. The summed E-state index contributed by atoms with van der Waals surface area (Å²) >= 11 is 0. The van der Waals surface area contributed by atoms with Crippen molar-refractivity contribution in [1.29, 1.82) is 0 Å². The number of hydrogen-bond donors (Lipinski definition) is 1. The van der Waals surface area contributed by atoms with Gasteiger partial charge in [-0.05, 0) is 120 Å². The SMILES string of the molecule is C=C1CCC2(C)CCC3(C)C(CCC4C5(C)CCC(O)C(C)(C)C5CCC43C)C2(C)C1C. The van der Waals surface area contributed by atoms with Crippen molar-refractivity contribution < 1.29 is 5.11 Å². The topological polar surface area (TPSA) is 20.2 Å². The summed E-state index contributed by atoms with van der Waals surface area (Å²) < 4.78 is 0. The molecule has 10 atom stereocenters. The lowest BCUT2D eigenvalue weighted by atomic mass is 9.29. The van der Waals surface area contributed by atoms with E-state index in [1.807, 2.05) is 0 Å². The van der Waals surface area contributed by atoms with Gasteiger partial charge in [-0.15, -0.1) is 0 Å². The van der Waals surface area contributed by atoms with E-state index in [0.717, 1.165) is 18.3 Å². The molecule has 1 heteroatoms. The summed E-state index contributed by atoms with van der Waals surface area (Å²) in [6.45, 7) is 25.3. The Labute approximate surface area is 199 Å². The highest BCUT2D eigenvalue weighted by atomic mass is 16.3. The number of fused-ring (bicyclic) bond motifs is 7. The maximum atomic E-state index is 10.9. The third-order valence-corrected chi connectivity index (χ3v) is 14.6. The highest BCUT2D eigenvalue weighted by molar-refractivity contribution is 5.24. The summed E-state index contributed by atoms with van der Waals surface area (Å²) in [4.78, 5) is 0. The summed E-state index contributed by atoms with van der Waals surface area (Å²) in [5, 5.41) is 10.9. The highest BCUT2D eigenvalue weighted by Crippen LogP contribution is 2.79. The zero-order valence-corrected chi connectivity index (χ0v) is 22.6. The maximum absolute atomic E-state index is 10.9. The van der Waals surface area contributed by atoms with Crippen LogP contribution in [0.5, 0.6) is 0 Å². The van der Waals surface area contributed by atoms with Crippen LogP contribution in [-0.2, 0) is 0 Å². The molecule has 1 N–H and O–H groups in total. The fourth-order valence-electron chi connectivity index (χ4n) is 11.9. The second-order valence-corrected chi connectivity index (χ2v) is 15.2. The lowest BCUT2D eigenvalue weighted by molar-refractivity contribution is -0.272. The lowest BCUT2D eigenvalue weighted by Crippen LogP contribution is -2.69.